The second-order valence-electron chi connectivity index (χ2n) is 16.1. The second kappa shape index (κ2) is 14.9. The van der Waals surface area contributed by atoms with Crippen molar-refractivity contribution >= 4 is 33.8 Å². The summed E-state index contributed by atoms with van der Waals surface area (Å²) in [5.74, 6) is -2.79. The molecular weight excluding hydrogens is 741 g/mol. The summed E-state index contributed by atoms with van der Waals surface area (Å²) in [5, 5.41) is 9.39. The van der Waals surface area contributed by atoms with E-state index in [9.17, 15) is 32.4 Å². The highest BCUT2D eigenvalue weighted by Crippen LogP contribution is 2.46. The zero-order valence-corrected chi connectivity index (χ0v) is 32.3. The van der Waals surface area contributed by atoms with Gasteiger partial charge in [0.15, 0.2) is 0 Å². The van der Waals surface area contributed by atoms with Crippen LogP contribution in [-0.2, 0) is 29.1 Å². The van der Waals surface area contributed by atoms with E-state index < -0.39 is 79.6 Å². The van der Waals surface area contributed by atoms with E-state index in [2.05, 4.69) is 37.0 Å². The zero-order valence-electron chi connectivity index (χ0n) is 31.5. The Hall–Kier alpha value is -5.45. The van der Waals surface area contributed by atoms with E-state index >= 15 is 0 Å². The number of nitrogens with zero attached hydrogens (tertiary/aromatic N) is 5. The first-order valence-electron chi connectivity index (χ1n) is 18.8. The largest absolute Gasteiger partial charge is 0.446 e. The average molecular weight is 787 g/mol. The molecule has 17 heteroatoms. The van der Waals surface area contributed by atoms with Crippen molar-refractivity contribution in [2.24, 2.45) is 11.3 Å². The van der Waals surface area contributed by atoms with Crippen molar-refractivity contribution in [1.82, 2.24) is 40.0 Å². The van der Waals surface area contributed by atoms with E-state index in [-0.39, 0.29) is 25.5 Å². The standard InChI is InChI=1S/C39H46N8O8S/c1-5-25-18-39(25,36(51)45-56(53,54)28-13-14-28)44-33(48)30-17-26(22-46(30)35(50)32(38(2,3)4)43-37(52)55-27-11-6-12-27)47-34(49)31(24-10-8-16-41-20-24)29(21-42-47)23-9-7-15-40-19-23/h5,7-10,15-16,19-21,25-28,30,32H,1,6,11-14,17-18,22H2,2-4H3,(H,43,52)(H,44,48)(H,45,51)/t25-,26-,30+,32-,39-/m1/s1. The first-order valence-corrected chi connectivity index (χ1v) is 20.4. The molecule has 4 fully saturated rings. The predicted molar refractivity (Wildman–Crippen MR) is 204 cm³/mol. The highest BCUT2D eigenvalue weighted by atomic mass is 32.2. The first kappa shape index (κ1) is 38.8. The maximum absolute atomic E-state index is 14.7. The molecule has 3 N–H and O–H groups in total. The Morgan fingerprint density at radius 3 is 2.25 bits per heavy atom. The number of aromatic nitrogens is 4. The van der Waals surface area contributed by atoms with Gasteiger partial charge in [-0.15, -0.1) is 6.58 Å². The Morgan fingerprint density at radius 1 is 1.02 bits per heavy atom. The first-order chi connectivity index (χ1) is 26.6. The van der Waals surface area contributed by atoms with Crippen LogP contribution >= 0.6 is 0 Å². The molecule has 0 aromatic carbocycles. The third kappa shape index (κ3) is 7.68. The molecule has 4 amide bonds. The topological polar surface area (TPSA) is 212 Å². The van der Waals surface area contributed by atoms with Crippen LogP contribution in [0.3, 0.4) is 0 Å². The van der Waals surface area contributed by atoms with Crippen molar-refractivity contribution in [2.45, 2.75) is 101 Å². The van der Waals surface area contributed by atoms with Gasteiger partial charge < -0.3 is 20.3 Å². The van der Waals surface area contributed by atoms with E-state index in [1.807, 2.05) is 0 Å². The normalized spacial score (nSPS) is 24.0. The molecule has 0 spiro atoms. The Labute approximate surface area is 324 Å². The van der Waals surface area contributed by atoms with E-state index in [1.54, 1.807) is 69.8 Å². The molecule has 16 nitrogen and oxygen atoms in total. The third-order valence-electron chi connectivity index (χ3n) is 11.1. The fourth-order valence-electron chi connectivity index (χ4n) is 7.37. The van der Waals surface area contributed by atoms with Gasteiger partial charge in [0.1, 0.15) is 23.7 Å². The summed E-state index contributed by atoms with van der Waals surface area (Å²) in [6.07, 6.45) is 11.6. The van der Waals surface area contributed by atoms with Gasteiger partial charge in [0.25, 0.3) is 11.5 Å². The number of hydrogen-bond donors (Lipinski definition) is 3. The number of likely N-dealkylation sites (tertiary alicyclic amines) is 1. The van der Waals surface area contributed by atoms with Gasteiger partial charge in [0, 0.05) is 60.4 Å². The number of amides is 4. The van der Waals surface area contributed by atoms with Gasteiger partial charge in [-0.1, -0.05) is 39.0 Å². The summed E-state index contributed by atoms with van der Waals surface area (Å²) < 4.78 is 34.4. The minimum absolute atomic E-state index is 0.0938. The van der Waals surface area contributed by atoms with Crippen LogP contribution in [0.1, 0.15) is 71.8 Å². The monoisotopic (exact) mass is 786 g/mol. The Bertz CT molecular complexity index is 2200. The van der Waals surface area contributed by atoms with Crippen LogP contribution in [-0.4, -0.2) is 92.4 Å². The number of sulfonamides is 1. The highest BCUT2D eigenvalue weighted by molar-refractivity contribution is 7.91. The molecule has 4 aliphatic rings. The molecule has 56 heavy (non-hydrogen) atoms. The lowest BCUT2D eigenvalue weighted by atomic mass is 9.85. The maximum atomic E-state index is 14.7. The minimum atomic E-state index is -3.94. The van der Waals surface area contributed by atoms with Crippen molar-refractivity contribution in [3.63, 3.8) is 0 Å². The van der Waals surface area contributed by atoms with Gasteiger partial charge in [0.2, 0.25) is 21.8 Å². The molecule has 0 unspecified atom stereocenters. The zero-order chi connectivity index (χ0) is 40.0. The third-order valence-corrected chi connectivity index (χ3v) is 12.9. The molecule has 3 aliphatic carbocycles. The molecule has 0 bridgehead atoms. The molecule has 0 radical (unpaired) electrons. The van der Waals surface area contributed by atoms with Crippen molar-refractivity contribution in [3.8, 4) is 22.3 Å². The lowest BCUT2D eigenvalue weighted by molar-refractivity contribution is -0.142. The summed E-state index contributed by atoms with van der Waals surface area (Å²) in [7, 11) is -3.94. The van der Waals surface area contributed by atoms with Crippen LogP contribution in [0, 0.1) is 11.3 Å². The van der Waals surface area contributed by atoms with Crippen LogP contribution in [0.5, 0.6) is 0 Å². The van der Waals surface area contributed by atoms with Gasteiger partial charge in [0.05, 0.1) is 23.1 Å². The van der Waals surface area contributed by atoms with Gasteiger partial charge >= 0.3 is 6.09 Å². The average Bonchev–Trinajstić information content (AvgIpc) is 4.08. The van der Waals surface area contributed by atoms with Crippen LogP contribution in [0.2, 0.25) is 0 Å². The fourth-order valence-corrected chi connectivity index (χ4v) is 8.73. The van der Waals surface area contributed by atoms with Crippen LogP contribution < -0.4 is 20.9 Å². The number of ether oxygens (including phenoxy) is 1. The van der Waals surface area contributed by atoms with Crippen molar-refractivity contribution in [3.05, 3.63) is 78.3 Å². The quantitative estimate of drug-likeness (QED) is 0.227. The smallest absolute Gasteiger partial charge is 0.408 e. The molecule has 3 saturated carbocycles. The van der Waals surface area contributed by atoms with Gasteiger partial charge in [-0.25, -0.2) is 17.9 Å². The van der Waals surface area contributed by atoms with Gasteiger partial charge in [-0.2, -0.15) is 5.10 Å². The molecule has 5 atom stereocenters. The summed E-state index contributed by atoms with van der Waals surface area (Å²) in [6.45, 7) is 8.92. The number of alkyl carbamates (subject to hydrolysis) is 1. The van der Waals surface area contributed by atoms with Gasteiger partial charge in [-0.3, -0.25) is 33.9 Å². The summed E-state index contributed by atoms with van der Waals surface area (Å²) in [5.41, 5.74) is -1.01. The molecule has 3 aromatic rings. The Kier molecular flexibility index (Phi) is 10.3. The van der Waals surface area contributed by atoms with E-state index in [4.69, 9.17) is 4.74 Å². The summed E-state index contributed by atoms with van der Waals surface area (Å²) in [6, 6.07) is 3.74. The number of pyridine rings is 2. The Morgan fingerprint density at radius 2 is 1.70 bits per heavy atom. The predicted octanol–water partition coefficient (Wildman–Crippen LogP) is 2.87. The number of carbonyl (C=O) groups excluding carboxylic acids is 4. The van der Waals surface area contributed by atoms with E-state index in [0.29, 0.717) is 35.1 Å². The van der Waals surface area contributed by atoms with Crippen LogP contribution in [0.25, 0.3) is 22.3 Å². The van der Waals surface area contributed by atoms with Gasteiger partial charge in [-0.05, 0) is 56.1 Å². The van der Waals surface area contributed by atoms with Crippen molar-refractivity contribution in [1.29, 1.82) is 0 Å². The molecule has 296 valence electrons. The summed E-state index contributed by atoms with van der Waals surface area (Å²) in [4.78, 5) is 80.0. The maximum Gasteiger partial charge on any atom is 0.408 e. The molecule has 4 heterocycles. The molecule has 7 rings (SSSR count). The fraction of sp³-hybridized carbons (Fsp3) is 0.487. The van der Waals surface area contributed by atoms with Crippen LogP contribution in [0.4, 0.5) is 4.79 Å². The summed E-state index contributed by atoms with van der Waals surface area (Å²) >= 11 is 0. The van der Waals surface area contributed by atoms with Crippen LogP contribution in [0.15, 0.2) is 72.7 Å². The molecule has 1 aliphatic heterocycles. The van der Waals surface area contributed by atoms with Crippen molar-refractivity contribution in [2.75, 3.05) is 6.54 Å². The van der Waals surface area contributed by atoms with E-state index in [0.717, 1.165) is 19.3 Å². The SMILES string of the molecule is C=C[C@@H]1C[C@]1(NC(=O)[C@@H]1C[C@@H](n2ncc(-c3cccnc3)c(-c3cccnc3)c2=O)CN1C(=O)[C@@H](NC(=O)OC1CCC1)C(C)(C)C)C(=O)NS(=O)(=O)C1CC1. The Balaban J connectivity index is 1.24. The number of hydrogen-bond acceptors (Lipinski definition) is 11. The van der Waals surface area contributed by atoms with E-state index in [1.165, 1.54) is 21.9 Å². The lowest BCUT2D eigenvalue weighted by Crippen LogP contribution is -2.60. The highest BCUT2D eigenvalue weighted by Gasteiger charge is 2.62. The number of carbonyl (C=O) groups is 4. The molecule has 3 aromatic heterocycles. The number of nitrogens with one attached hydrogen (secondary N) is 3. The molecule has 1 saturated heterocycles. The second-order valence-corrected chi connectivity index (χ2v) is 18.1. The number of rotatable bonds is 12. The minimum Gasteiger partial charge on any atom is -0.446 e. The molecular formula is C39H46N8O8S. The van der Waals surface area contributed by atoms with Crippen molar-refractivity contribution < 1.29 is 32.3 Å². The lowest BCUT2D eigenvalue weighted by Gasteiger charge is -2.36.